The lowest BCUT2D eigenvalue weighted by Gasteiger charge is -2.23. The fourth-order valence-corrected chi connectivity index (χ4v) is 1.99. The monoisotopic (exact) mass is 199 g/mol. The Labute approximate surface area is 80.6 Å². The molecule has 0 spiro atoms. The SMILES string of the molecule is C#[N+][C@]12OC[C@H](O)[C@@]1(N=C)OC[C@H]2O. The minimum atomic E-state index is -1.52. The maximum absolute atomic E-state index is 9.65. The number of nitrogens with zero attached hydrogens (tertiary/aromatic N) is 2. The first-order valence-electron chi connectivity index (χ1n) is 4.17. The van der Waals surface area contributed by atoms with Gasteiger partial charge in [-0.2, -0.15) is 0 Å². The molecule has 2 aliphatic rings. The molecule has 0 amide bonds. The van der Waals surface area contributed by atoms with E-state index in [9.17, 15) is 10.2 Å². The highest BCUT2D eigenvalue weighted by Crippen LogP contribution is 2.48. The van der Waals surface area contributed by atoms with E-state index in [-0.39, 0.29) is 13.2 Å². The van der Waals surface area contributed by atoms with Crippen molar-refractivity contribution in [2.45, 2.75) is 23.7 Å². The maximum Gasteiger partial charge on any atom is 0.464 e. The Balaban J connectivity index is 2.53. The quantitative estimate of drug-likeness (QED) is 0.521. The van der Waals surface area contributed by atoms with E-state index in [1.807, 2.05) is 0 Å². The normalized spacial score (nSPS) is 51.2. The van der Waals surface area contributed by atoms with Crippen LogP contribution in [-0.4, -0.2) is 53.8 Å². The summed E-state index contributed by atoms with van der Waals surface area (Å²) in [6, 6.07) is 0. The van der Waals surface area contributed by atoms with Crippen molar-refractivity contribution in [2.75, 3.05) is 13.2 Å². The number of hydrogen-bond acceptors (Lipinski definition) is 5. The summed E-state index contributed by atoms with van der Waals surface area (Å²) >= 11 is 0. The molecule has 0 unspecified atom stereocenters. The second-order valence-corrected chi connectivity index (χ2v) is 3.33. The Morgan fingerprint density at radius 2 is 2.00 bits per heavy atom. The van der Waals surface area contributed by atoms with Crippen LogP contribution in [0.2, 0.25) is 0 Å². The molecular formula is C8H11N2O4+. The van der Waals surface area contributed by atoms with Gasteiger partial charge in [0.1, 0.15) is 6.10 Å². The van der Waals surface area contributed by atoms with Crippen LogP contribution in [0, 0.1) is 6.57 Å². The molecule has 6 heteroatoms. The van der Waals surface area contributed by atoms with Gasteiger partial charge in [0.15, 0.2) is 6.10 Å². The molecule has 2 rings (SSSR count). The molecule has 0 bridgehead atoms. The van der Waals surface area contributed by atoms with Gasteiger partial charge in [-0.25, -0.2) is 0 Å². The molecule has 0 aromatic carbocycles. The van der Waals surface area contributed by atoms with Crippen LogP contribution in [0.3, 0.4) is 0 Å². The van der Waals surface area contributed by atoms with Gasteiger partial charge in [0, 0.05) is 0 Å². The minimum absolute atomic E-state index is 0.0449. The zero-order valence-corrected chi connectivity index (χ0v) is 7.46. The molecule has 0 radical (unpaired) electrons. The van der Waals surface area contributed by atoms with Crippen LogP contribution in [-0.2, 0) is 9.47 Å². The highest BCUT2D eigenvalue weighted by molar-refractivity contribution is 5.32. The van der Waals surface area contributed by atoms with E-state index >= 15 is 0 Å². The van der Waals surface area contributed by atoms with Crippen molar-refractivity contribution in [3.05, 3.63) is 4.85 Å². The fourth-order valence-electron chi connectivity index (χ4n) is 1.99. The number of hydrogen-bond donors (Lipinski definition) is 2. The van der Waals surface area contributed by atoms with E-state index in [1.165, 1.54) is 0 Å². The third kappa shape index (κ3) is 0.762. The molecule has 2 N–H and O–H groups in total. The molecule has 2 heterocycles. The number of rotatable bonds is 1. The largest absolute Gasteiger partial charge is 0.464 e. The Morgan fingerprint density at radius 1 is 1.36 bits per heavy atom. The zero-order chi connectivity index (χ0) is 10.4. The molecule has 2 aliphatic heterocycles. The molecule has 0 aromatic heterocycles. The van der Waals surface area contributed by atoms with Crippen LogP contribution < -0.4 is 0 Å². The number of aliphatic imine (C=N–C) groups is 1. The van der Waals surface area contributed by atoms with E-state index in [4.69, 9.17) is 16.0 Å². The number of aliphatic hydroxyl groups excluding tert-OH is 2. The topological polar surface area (TPSA) is 75.6 Å². The standard InChI is InChI=1S/C8H11N2O4/c1-9-7-5(11)3-14-8(7,10-2)6(12)4-13-7/h1,5-6,11-12H,2-4H2/q+1/t5-,6+,7-,8-/m1/s1. The van der Waals surface area contributed by atoms with Gasteiger partial charge in [0.2, 0.25) is 0 Å². The predicted molar refractivity (Wildman–Crippen MR) is 47.2 cm³/mol. The van der Waals surface area contributed by atoms with Crippen molar-refractivity contribution in [1.82, 2.24) is 0 Å². The third-order valence-corrected chi connectivity index (χ3v) is 2.77. The van der Waals surface area contributed by atoms with Gasteiger partial charge in [0.05, 0.1) is 13.2 Å². The molecule has 0 aliphatic carbocycles. The number of ether oxygens (including phenoxy) is 2. The van der Waals surface area contributed by atoms with Crippen LogP contribution in [0.25, 0.3) is 4.85 Å². The van der Waals surface area contributed by atoms with Crippen molar-refractivity contribution in [3.8, 4) is 6.57 Å². The van der Waals surface area contributed by atoms with E-state index in [0.29, 0.717) is 0 Å². The Kier molecular flexibility index (Phi) is 1.87. The highest BCUT2D eigenvalue weighted by atomic mass is 16.6. The number of fused-ring (bicyclic) bond motifs is 1. The first kappa shape index (κ1) is 9.55. The minimum Gasteiger partial charge on any atom is -0.385 e. The molecule has 6 nitrogen and oxygen atoms in total. The van der Waals surface area contributed by atoms with Crippen LogP contribution in [0.5, 0.6) is 0 Å². The van der Waals surface area contributed by atoms with Crippen molar-refractivity contribution < 1.29 is 19.7 Å². The summed E-state index contributed by atoms with van der Waals surface area (Å²) in [5.74, 6) is 0. The van der Waals surface area contributed by atoms with Crippen molar-refractivity contribution in [1.29, 1.82) is 0 Å². The first-order chi connectivity index (χ1) is 6.63. The van der Waals surface area contributed by atoms with Gasteiger partial charge >= 0.3 is 11.4 Å². The fraction of sp³-hybridized carbons (Fsp3) is 0.750. The van der Waals surface area contributed by atoms with Gasteiger partial charge < -0.3 is 14.9 Å². The van der Waals surface area contributed by atoms with E-state index in [0.717, 1.165) is 0 Å². The molecule has 2 saturated heterocycles. The summed E-state index contributed by atoms with van der Waals surface area (Å²) in [7, 11) is 0. The lowest BCUT2D eigenvalue weighted by atomic mass is 9.96. The average Bonchev–Trinajstić information content (AvgIpc) is 2.64. The van der Waals surface area contributed by atoms with Gasteiger partial charge in [-0.05, 0) is 11.6 Å². The van der Waals surface area contributed by atoms with Gasteiger partial charge in [-0.1, -0.05) is 0 Å². The Morgan fingerprint density at radius 3 is 2.50 bits per heavy atom. The third-order valence-electron chi connectivity index (χ3n) is 2.77. The molecule has 2 fully saturated rings. The summed E-state index contributed by atoms with van der Waals surface area (Å²) in [5.41, 5.74) is -2.99. The Hall–Kier alpha value is -1.00. The van der Waals surface area contributed by atoms with Crippen LogP contribution in [0.4, 0.5) is 0 Å². The van der Waals surface area contributed by atoms with Gasteiger partial charge in [0.25, 0.3) is 6.57 Å². The van der Waals surface area contributed by atoms with E-state index in [2.05, 4.69) is 16.6 Å². The average molecular weight is 199 g/mol. The molecule has 4 atom stereocenters. The van der Waals surface area contributed by atoms with Crippen molar-refractivity contribution in [2.24, 2.45) is 4.99 Å². The molecule has 14 heavy (non-hydrogen) atoms. The maximum atomic E-state index is 9.65. The zero-order valence-electron chi connectivity index (χ0n) is 7.46. The second-order valence-electron chi connectivity index (χ2n) is 3.33. The smallest absolute Gasteiger partial charge is 0.385 e. The molecule has 0 saturated carbocycles. The lowest BCUT2D eigenvalue weighted by molar-refractivity contribution is -0.0972. The summed E-state index contributed by atoms with van der Waals surface area (Å²) in [4.78, 5) is 7.14. The van der Waals surface area contributed by atoms with Gasteiger partial charge in [-0.15, -0.1) is 0 Å². The van der Waals surface area contributed by atoms with Crippen LogP contribution in [0.15, 0.2) is 4.99 Å². The van der Waals surface area contributed by atoms with Crippen LogP contribution in [0.1, 0.15) is 0 Å². The van der Waals surface area contributed by atoms with E-state index < -0.39 is 23.7 Å². The molecule has 76 valence electrons. The summed E-state index contributed by atoms with van der Waals surface area (Å²) in [6.07, 6.45) is -2.07. The van der Waals surface area contributed by atoms with E-state index in [1.54, 1.807) is 0 Å². The molecular weight excluding hydrogens is 188 g/mol. The van der Waals surface area contributed by atoms with Crippen LogP contribution >= 0.6 is 0 Å². The number of aliphatic hydroxyl groups is 2. The highest BCUT2D eigenvalue weighted by Gasteiger charge is 2.80. The molecule has 0 aromatic rings. The first-order valence-corrected chi connectivity index (χ1v) is 4.17. The predicted octanol–water partition coefficient (Wildman–Crippen LogP) is -1.18. The summed E-state index contributed by atoms with van der Waals surface area (Å²) < 4.78 is 10.4. The Bertz CT molecular complexity index is 315. The summed E-state index contributed by atoms with van der Waals surface area (Å²) in [5, 5.41) is 19.3. The summed E-state index contributed by atoms with van der Waals surface area (Å²) in [6.45, 7) is 8.41. The van der Waals surface area contributed by atoms with Crippen molar-refractivity contribution >= 4 is 6.72 Å². The van der Waals surface area contributed by atoms with Crippen molar-refractivity contribution in [3.63, 3.8) is 0 Å². The van der Waals surface area contributed by atoms with Gasteiger partial charge in [-0.3, -0.25) is 9.73 Å². The lowest BCUT2D eigenvalue weighted by Crippen LogP contribution is -2.54. The second kappa shape index (κ2) is 2.74.